The Labute approximate surface area is 408 Å². The summed E-state index contributed by atoms with van der Waals surface area (Å²) < 4.78 is 68.7. The summed E-state index contributed by atoms with van der Waals surface area (Å²) >= 11 is 11.4. The molecule has 0 amide bonds. The summed E-state index contributed by atoms with van der Waals surface area (Å²) in [4.78, 5) is 44.8. The van der Waals surface area contributed by atoms with E-state index >= 15 is 0 Å². The van der Waals surface area contributed by atoms with Crippen LogP contribution in [0, 0.1) is 0 Å². The van der Waals surface area contributed by atoms with Crippen LogP contribution in [0.25, 0.3) is 12.2 Å². The van der Waals surface area contributed by atoms with E-state index < -0.39 is 86.1 Å². The van der Waals surface area contributed by atoms with Crippen molar-refractivity contribution < 1.29 is 114 Å². The van der Waals surface area contributed by atoms with Gasteiger partial charge in [0.1, 0.15) is 31.7 Å². The number of carbonyl (C=O) groups is 4. The first-order valence-electron chi connectivity index (χ1n) is 14.7. The van der Waals surface area contributed by atoms with Crippen molar-refractivity contribution in [1.82, 2.24) is 0 Å². The van der Waals surface area contributed by atoms with Crippen LogP contribution in [0.4, 0.5) is 11.4 Å². The molecule has 57 heavy (non-hydrogen) atoms. The van der Waals surface area contributed by atoms with Gasteiger partial charge in [0.2, 0.25) is 11.6 Å². The van der Waals surface area contributed by atoms with Crippen molar-refractivity contribution in [2.45, 2.75) is 9.79 Å². The zero-order chi connectivity index (χ0) is 39.5. The van der Waals surface area contributed by atoms with Gasteiger partial charge in [0.15, 0.2) is 0 Å². The summed E-state index contributed by atoms with van der Waals surface area (Å²) in [6.45, 7) is 0. The van der Waals surface area contributed by atoms with Crippen LogP contribution in [0.15, 0.2) is 105 Å². The number of halogens is 2. The molecule has 0 heterocycles. The average Bonchev–Trinajstić information content (AvgIpc) is 3.10. The molecule has 23 heteroatoms. The van der Waals surface area contributed by atoms with Gasteiger partial charge in [-0.05, 0) is 47.5 Å². The zero-order valence-corrected chi connectivity index (χ0v) is 38.7. The van der Waals surface area contributed by atoms with E-state index in [2.05, 4.69) is 21.1 Å². The van der Waals surface area contributed by atoms with E-state index in [0.717, 1.165) is 12.1 Å². The number of carbonyl (C=O) groups excluding carboxylic acids is 4. The number of carboxylic acid groups (broad SMARTS) is 2. The maximum absolute atomic E-state index is 12.1. The van der Waals surface area contributed by atoms with E-state index in [-0.39, 0.29) is 108 Å². The van der Waals surface area contributed by atoms with Gasteiger partial charge < -0.3 is 28.9 Å². The molecule has 4 aromatic carbocycles. The Morgan fingerprint density at radius 2 is 0.912 bits per heavy atom. The first-order valence-corrected chi connectivity index (χ1v) is 18.3. The number of aromatic carboxylic acids is 2. The van der Waals surface area contributed by atoms with Gasteiger partial charge in [-0.15, -0.1) is 0 Å². The van der Waals surface area contributed by atoms with Gasteiger partial charge in [0.25, 0.3) is 0 Å². The Morgan fingerprint density at radius 1 is 0.579 bits per heavy atom. The molecule has 0 bridgehead atoms. The van der Waals surface area contributed by atoms with Gasteiger partial charge in [0.05, 0.1) is 43.1 Å². The standard InChI is InChI=1S/2C17H11ClN2O6S.Ca.2Na/c2*18-12-8-15(27(24,25)26)13(7-11(12)17(22)23)19-20-16-10-4-2-1-3-9(10)5-6-14(16)21;;;/h2*1-8,19H,(H,22,23)(H,24,25,26);;;/q;;+2;2*+1/p-4/b2*20-16+;;;. The fraction of sp³-hybridized carbons (Fsp3) is 0. The molecule has 276 valence electrons. The number of hydrazone groups is 2. The van der Waals surface area contributed by atoms with Crippen molar-refractivity contribution in [2.24, 2.45) is 10.2 Å². The van der Waals surface area contributed by atoms with E-state index in [1.165, 1.54) is 12.2 Å². The molecule has 0 saturated carbocycles. The average molecular weight is 896 g/mol. The maximum Gasteiger partial charge on any atom is 2.00 e. The van der Waals surface area contributed by atoms with Gasteiger partial charge in [-0.3, -0.25) is 20.4 Å². The van der Waals surface area contributed by atoms with Crippen LogP contribution in [0.2, 0.25) is 10.0 Å². The van der Waals surface area contributed by atoms with Crippen LogP contribution in [0.5, 0.6) is 0 Å². The van der Waals surface area contributed by atoms with E-state index in [0.29, 0.717) is 34.4 Å². The van der Waals surface area contributed by atoms with Crippen molar-refractivity contribution in [1.29, 1.82) is 0 Å². The van der Waals surface area contributed by atoms with Crippen LogP contribution in [-0.2, 0) is 29.8 Å². The molecule has 2 aliphatic carbocycles. The number of allylic oxidation sites excluding steroid dienone is 2. The van der Waals surface area contributed by atoms with Gasteiger partial charge >= 0.3 is 96.9 Å². The number of anilines is 2. The molecule has 2 aliphatic rings. The number of carboxylic acids is 2. The van der Waals surface area contributed by atoms with Crippen LogP contribution in [0.1, 0.15) is 43.0 Å². The first-order chi connectivity index (χ1) is 25.4. The molecule has 0 atom stereocenters. The molecule has 0 radical (unpaired) electrons. The number of benzene rings is 4. The monoisotopic (exact) mass is 894 g/mol. The third kappa shape index (κ3) is 12.2. The topological polar surface area (TPSA) is 278 Å². The Hall–Kier alpha value is -2.76. The second-order valence-corrected chi connectivity index (χ2v) is 14.4. The van der Waals surface area contributed by atoms with Gasteiger partial charge in [0, 0.05) is 22.3 Å². The number of hydrogen-bond donors (Lipinski definition) is 2. The maximum atomic E-state index is 12.1. The molecule has 0 aliphatic heterocycles. The molecule has 0 spiro atoms. The fourth-order valence-electron chi connectivity index (χ4n) is 4.94. The van der Waals surface area contributed by atoms with Crippen LogP contribution in [-0.4, -0.2) is 98.6 Å². The molecular formula is C34H18CaCl2N4Na2O12S2. The summed E-state index contributed by atoms with van der Waals surface area (Å²) in [5.41, 5.74) is 4.93. The third-order valence-corrected chi connectivity index (χ3v) is 9.80. The summed E-state index contributed by atoms with van der Waals surface area (Å²) in [6, 6.07) is 16.7. The molecule has 6 rings (SSSR count). The minimum Gasteiger partial charge on any atom is -0.744 e. The Kier molecular flexibility index (Phi) is 18.5. The van der Waals surface area contributed by atoms with Crippen molar-refractivity contribution in [2.75, 3.05) is 10.9 Å². The largest absolute Gasteiger partial charge is 2.00 e. The zero-order valence-electron chi connectivity index (χ0n) is 29.3. The number of rotatable bonds is 8. The number of fused-ring (bicyclic) bond motifs is 2. The van der Waals surface area contributed by atoms with Crippen LogP contribution in [0.3, 0.4) is 0 Å². The number of nitrogens with zero attached hydrogens (tertiary/aromatic N) is 2. The quantitative estimate of drug-likeness (QED) is 0.0962. The summed E-state index contributed by atoms with van der Waals surface area (Å²) in [6.07, 6.45) is 5.76. The predicted molar refractivity (Wildman–Crippen MR) is 195 cm³/mol. The van der Waals surface area contributed by atoms with Crippen molar-refractivity contribution in [3.05, 3.63) is 128 Å². The molecular weight excluding hydrogens is 877 g/mol. The molecule has 0 saturated heterocycles. The summed E-state index contributed by atoms with van der Waals surface area (Å²) in [7, 11) is -10.0. The van der Waals surface area contributed by atoms with E-state index in [4.69, 9.17) is 23.2 Å². The number of hydrogen-bond acceptors (Lipinski definition) is 16. The second-order valence-electron chi connectivity index (χ2n) is 10.9. The minimum atomic E-state index is -5.00. The number of nitrogens with one attached hydrogen (secondary N) is 2. The first kappa shape index (κ1) is 50.4. The van der Waals surface area contributed by atoms with Gasteiger partial charge in [-0.2, -0.15) is 10.2 Å². The SMILES string of the molecule is O=C1C=Cc2ccccc2/C1=N\Nc1cc(C(=O)[O-])c(Cl)cc1S(=O)(=O)[O-].O=C1C=Cc2ccccc2/C1=N\Nc1cc(C(=O)[O-])c(Cl)cc1S(=O)(=O)[O-].[Ca+2].[Na+].[Na+]. The Bertz CT molecular complexity index is 2480. The van der Waals surface area contributed by atoms with E-state index in [9.17, 15) is 55.3 Å². The predicted octanol–water partition coefficient (Wildman–Crippen LogP) is -4.33. The third-order valence-electron chi connectivity index (χ3n) is 7.42. The number of ketones is 2. The van der Waals surface area contributed by atoms with E-state index in [1.54, 1.807) is 60.7 Å². The molecule has 4 aromatic rings. The van der Waals surface area contributed by atoms with Crippen molar-refractivity contribution >= 4 is 140 Å². The van der Waals surface area contributed by atoms with Crippen molar-refractivity contribution in [3.8, 4) is 0 Å². The smallest absolute Gasteiger partial charge is 0.744 e. The molecule has 0 fully saturated rings. The Morgan fingerprint density at radius 3 is 1.23 bits per heavy atom. The second kappa shape index (κ2) is 21.0. The Balaban J connectivity index is 0.000000374. The molecule has 0 aromatic heterocycles. The molecule has 16 nitrogen and oxygen atoms in total. The summed E-state index contributed by atoms with van der Waals surface area (Å²) in [5.74, 6) is -4.26. The van der Waals surface area contributed by atoms with Crippen LogP contribution < -0.4 is 80.2 Å². The van der Waals surface area contributed by atoms with E-state index in [1.807, 2.05) is 0 Å². The van der Waals surface area contributed by atoms with Gasteiger partial charge in [-0.1, -0.05) is 83.9 Å². The van der Waals surface area contributed by atoms with Crippen LogP contribution >= 0.6 is 23.2 Å². The molecule has 2 N–H and O–H groups in total. The minimum absolute atomic E-state index is 0. The molecule has 0 unspecified atom stereocenters. The van der Waals surface area contributed by atoms with Crippen molar-refractivity contribution in [3.63, 3.8) is 0 Å². The van der Waals surface area contributed by atoms with Gasteiger partial charge in [-0.25, -0.2) is 16.8 Å². The fourth-order valence-corrected chi connectivity index (χ4v) is 6.83. The normalized spacial score (nSPS) is 14.1. The summed E-state index contributed by atoms with van der Waals surface area (Å²) in [5, 5.41) is 29.0.